The molecule has 2 heteroatoms. The highest BCUT2D eigenvalue weighted by molar-refractivity contribution is 8.00. The van der Waals surface area contributed by atoms with E-state index in [4.69, 9.17) is 0 Å². The van der Waals surface area contributed by atoms with E-state index < -0.39 is 0 Å². The summed E-state index contributed by atoms with van der Waals surface area (Å²) in [6.45, 7) is 4.49. The lowest BCUT2D eigenvalue weighted by molar-refractivity contribution is 0.981. The predicted molar refractivity (Wildman–Crippen MR) is 48.1 cm³/mol. The van der Waals surface area contributed by atoms with Crippen molar-refractivity contribution in [1.82, 2.24) is 0 Å². The van der Waals surface area contributed by atoms with E-state index in [0.29, 0.717) is 0 Å². The predicted octanol–water partition coefficient (Wildman–Crippen LogP) is 3.09. The molecule has 0 spiro atoms. The Labute approximate surface area is 69.6 Å². The molecule has 0 bridgehead atoms. The fourth-order valence-electron chi connectivity index (χ4n) is 1.30. The van der Waals surface area contributed by atoms with Crippen LogP contribution in [0.15, 0.2) is 11.0 Å². The number of aryl methyl sites for hydroxylation is 1. The van der Waals surface area contributed by atoms with Gasteiger partial charge in [0.25, 0.3) is 0 Å². The van der Waals surface area contributed by atoms with E-state index in [1.165, 1.54) is 16.2 Å². The number of hydrogen-bond acceptors (Lipinski definition) is 2. The highest BCUT2D eigenvalue weighted by Gasteiger charge is 2.20. The Morgan fingerprint density at radius 2 is 2.40 bits per heavy atom. The molecule has 0 saturated carbocycles. The lowest BCUT2D eigenvalue weighted by atomic mass is 10.3. The smallest absolute Gasteiger partial charge is 0.0217 e. The van der Waals surface area contributed by atoms with E-state index in [1.54, 1.807) is 4.88 Å². The molecule has 54 valence electrons. The second kappa shape index (κ2) is 2.28. The van der Waals surface area contributed by atoms with Gasteiger partial charge in [0.2, 0.25) is 0 Å². The summed E-state index contributed by atoms with van der Waals surface area (Å²) >= 11 is 3.98. The van der Waals surface area contributed by atoms with Gasteiger partial charge in [0.15, 0.2) is 0 Å². The molecule has 0 fully saturated rings. The minimum atomic E-state index is 0.821. The SMILES string of the molecule is Cc1cc2c(s1)C[C@@H](C)S2. The highest BCUT2D eigenvalue weighted by atomic mass is 32.2. The quantitative estimate of drug-likeness (QED) is 0.576. The van der Waals surface area contributed by atoms with Crippen LogP contribution in [0.1, 0.15) is 16.7 Å². The van der Waals surface area contributed by atoms with Crippen LogP contribution in [0.5, 0.6) is 0 Å². The van der Waals surface area contributed by atoms with Crippen molar-refractivity contribution in [3.8, 4) is 0 Å². The first-order valence-corrected chi connectivity index (χ1v) is 5.21. The van der Waals surface area contributed by atoms with Gasteiger partial charge in [-0.25, -0.2) is 0 Å². The monoisotopic (exact) mass is 170 g/mol. The summed E-state index contributed by atoms with van der Waals surface area (Å²) in [6, 6.07) is 2.31. The molecule has 1 aromatic rings. The second-order valence-corrected chi connectivity index (χ2v) is 5.60. The number of hydrogen-bond donors (Lipinski definition) is 0. The average molecular weight is 170 g/mol. The average Bonchev–Trinajstić information content (AvgIpc) is 2.21. The first-order valence-electron chi connectivity index (χ1n) is 3.51. The molecule has 1 atom stereocenters. The zero-order chi connectivity index (χ0) is 7.14. The van der Waals surface area contributed by atoms with Crippen molar-refractivity contribution in [2.24, 2.45) is 0 Å². The van der Waals surface area contributed by atoms with Gasteiger partial charge in [-0.05, 0) is 19.4 Å². The first kappa shape index (κ1) is 6.74. The van der Waals surface area contributed by atoms with Crippen LogP contribution in [0.3, 0.4) is 0 Å². The van der Waals surface area contributed by atoms with Gasteiger partial charge in [0, 0.05) is 19.9 Å². The normalized spacial score (nSPS) is 23.2. The second-order valence-electron chi connectivity index (χ2n) is 2.78. The van der Waals surface area contributed by atoms with E-state index in [1.807, 2.05) is 23.1 Å². The number of fused-ring (bicyclic) bond motifs is 1. The summed E-state index contributed by atoms with van der Waals surface area (Å²) in [7, 11) is 0. The maximum atomic E-state index is 2.31. The summed E-state index contributed by atoms with van der Waals surface area (Å²) < 4.78 is 0. The van der Waals surface area contributed by atoms with Gasteiger partial charge in [-0.15, -0.1) is 23.1 Å². The molecule has 1 aliphatic heterocycles. The number of thiophene rings is 1. The fraction of sp³-hybridized carbons (Fsp3) is 0.500. The number of thioether (sulfide) groups is 1. The van der Waals surface area contributed by atoms with Crippen molar-refractivity contribution in [2.75, 3.05) is 0 Å². The first-order chi connectivity index (χ1) is 4.75. The summed E-state index contributed by atoms with van der Waals surface area (Å²) in [5.41, 5.74) is 0. The highest BCUT2D eigenvalue weighted by Crippen LogP contribution is 2.41. The minimum Gasteiger partial charge on any atom is -0.144 e. The van der Waals surface area contributed by atoms with Gasteiger partial charge >= 0.3 is 0 Å². The Morgan fingerprint density at radius 3 is 3.10 bits per heavy atom. The van der Waals surface area contributed by atoms with Crippen molar-refractivity contribution < 1.29 is 0 Å². The maximum Gasteiger partial charge on any atom is 0.0217 e. The van der Waals surface area contributed by atoms with Crippen molar-refractivity contribution in [2.45, 2.75) is 30.4 Å². The zero-order valence-corrected chi connectivity index (χ0v) is 7.81. The van der Waals surface area contributed by atoms with Crippen LogP contribution >= 0.6 is 23.1 Å². The molecule has 0 aromatic carbocycles. The van der Waals surface area contributed by atoms with Crippen LogP contribution < -0.4 is 0 Å². The molecule has 10 heavy (non-hydrogen) atoms. The van der Waals surface area contributed by atoms with Crippen molar-refractivity contribution >= 4 is 23.1 Å². The zero-order valence-electron chi connectivity index (χ0n) is 6.18. The van der Waals surface area contributed by atoms with E-state index in [2.05, 4.69) is 19.9 Å². The molecule has 0 nitrogen and oxygen atoms in total. The van der Waals surface area contributed by atoms with Crippen molar-refractivity contribution in [3.05, 3.63) is 15.8 Å². The number of rotatable bonds is 0. The van der Waals surface area contributed by atoms with Crippen molar-refractivity contribution in [3.63, 3.8) is 0 Å². The summed E-state index contributed by atoms with van der Waals surface area (Å²) in [4.78, 5) is 4.61. The van der Waals surface area contributed by atoms with E-state index >= 15 is 0 Å². The third-order valence-corrected chi connectivity index (χ3v) is 4.08. The molecule has 2 heterocycles. The summed E-state index contributed by atoms with van der Waals surface area (Å²) in [6.07, 6.45) is 1.29. The molecule has 1 aliphatic rings. The van der Waals surface area contributed by atoms with Crippen LogP contribution in [0, 0.1) is 6.92 Å². The topological polar surface area (TPSA) is 0 Å². The largest absolute Gasteiger partial charge is 0.144 e. The third kappa shape index (κ3) is 0.995. The van der Waals surface area contributed by atoms with Gasteiger partial charge in [0.05, 0.1) is 0 Å². The van der Waals surface area contributed by atoms with Crippen molar-refractivity contribution in [1.29, 1.82) is 0 Å². The van der Waals surface area contributed by atoms with Crippen LogP contribution in [0.25, 0.3) is 0 Å². The Bertz CT molecular complexity index is 226. The van der Waals surface area contributed by atoms with Crippen LogP contribution in [-0.2, 0) is 6.42 Å². The van der Waals surface area contributed by atoms with E-state index in [-0.39, 0.29) is 0 Å². The molecule has 0 aliphatic carbocycles. The van der Waals surface area contributed by atoms with E-state index in [0.717, 1.165) is 5.25 Å². The molecule has 1 aromatic heterocycles. The van der Waals surface area contributed by atoms with Gasteiger partial charge in [-0.3, -0.25) is 0 Å². The van der Waals surface area contributed by atoms with Gasteiger partial charge in [-0.2, -0.15) is 0 Å². The standard InChI is InChI=1S/C8H10S2/c1-5-3-7-8(9-5)4-6(2)10-7/h3,6H,4H2,1-2H3/t6-/m1/s1. The van der Waals surface area contributed by atoms with E-state index in [9.17, 15) is 0 Å². The Kier molecular flexibility index (Phi) is 1.53. The summed E-state index contributed by atoms with van der Waals surface area (Å²) in [5, 5.41) is 0.821. The Hall–Kier alpha value is 0.0500. The maximum absolute atomic E-state index is 2.31. The molecule has 0 saturated heterocycles. The third-order valence-electron chi connectivity index (χ3n) is 1.69. The van der Waals surface area contributed by atoms with Gasteiger partial charge in [0.1, 0.15) is 0 Å². The van der Waals surface area contributed by atoms with Crippen LogP contribution in [0.2, 0.25) is 0 Å². The molecule has 0 amide bonds. The molecule has 0 unspecified atom stereocenters. The molecule has 2 rings (SSSR count). The Morgan fingerprint density at radius 1 is 1.60 bits per heavy atom. The van der Waals surface area contributed by atoms with Gasteiger partial charge < -0.3 is 0 Å². The minimum absolute atomic E-state index is 0.821. The van der Waals surface area contributed by atoms with Gasteiger partial charge in [-0.1, -0.05) is 6.92 Å². The lowest BCUT2D eigenvalue weighted by Gasteiger charge is -1.95. The molecular formula is C8H10S2. The lowest BCUT2D eigenvalue weighted by Crippen LogP contribution is -1.89. The fourth-order valence-corrected chi connectivity index (χ4v) is 3.95. The summed E-state index contributed by atoms with van der Waals surface area (Å²) in [5.74, 6) is 0. The van der Waals surface area contributed by atoms with Crippen LogP contribution in [-0.4, -0.2) is 5.25 Å². The van der Waals surface area contributed by atoms with Crippen LogP contribution in [0.4, 0.5) is 0 Å². The Balaban J connectivity index is 2.39. The molecule has 0 N–H and O–H groups in total. The molecular weight excluding hydrogens is 160 g/mol. The molecule has 0 radical (unpaired) electrons.